The summed E-state index contributed by atoms with van der Waals surface area (Å²) in [6.07, 6.45) is 0. The smallest absolute Gasteiger partial charge is 0.284 e. The maximum Gasteiger partial charge on any atom is 0.284 e. The lowest BCUT2D eigenvalue weighted by Gasteiger charge is -2.26. The van der Waals surface area contributed by atoms with Crippen LogP contribution in [0, 0.1) is 24.0 Å². The van der Waals surface area contributed by atoms with Crippen molar-refractivity contribution in [3.63, 3.8) is 0 Å². The standard InChI is InChI=1S/C18H20N2O5S2/c1-13-3-4-15(11-14(13)2)26-18-6-5-16(12-17(18)20(21)22)27(23,24)19-7-9-25-10-8-19/h3-6,11-12H,7-10H2,1-2H3. The number of rotatable bonds is 5. The molecule has 27 heavy (non-hydrogen) atoms. The van der Waals surface area contributed by atoms with Gasteiger partial charge >= 0.3 is 0 Å². The van der Waals surface area contributed by atoms with Crippen LogP contribution in [0.2, 0.25) is 0 Å². The summed E-state index contributed by atoms with van der Waals surface area (Å²) in [4.78, 5) is 12.2. The van der Waals surface area contributed by atoms with Crippen LogP contribution in [0.4, 0.5) is 5.69 Å². The molecule has 0 spiro atoms. The number of nitrogens with zero attached hydrogens (tertiary/aromatic N) is 2. The summed E-state index contributed by atoms with van der Waals surface area (Å²) in [6, 6.07) is 9.90. The van der Waals surface area contributed by atoms with Crippen molar-refractivity contribution in [2.75, 3.05) is 26.3 Å². The number of benzene rings is 2. The van der Waals surface area contributed by atoms with E-state index in [0.717, 1.165) is 22.1 Å². The van der Waals surface area contributed by atoms with E-state index in [2.05, 4.69) is 0 Å². The van der Waals surface area contributed by atoms with Crippen molar-refractivity contribution < 1.29 is 18.1 Å². The summed E-state index contributed by atoms with van der Waals surface area (Å²) < 4.78 is 32.0. The van der Waals surface area contributed by atoms with E-state index in [-0.39, 0.29) is 23.7 Å². The van der Waals surface area contributed by atoms with Crippen LogP contribution in [-0.4, -0.2) is 43.9 Å². The van der Waals surface area contributed by atoms with Gasteiger partial charge in [0.25, 0.3) is 5.69 Å². The predicted molar refractivity (Wildman–Crippen MR) is 103 cm³/mol. The molecule has 0 bridgehead atoms. The Hall–Kier alpha value is -1.94. The average Bonchev–Trinajstić information content (AvgIpc) is 2.65. The molecule has 2 aromatic carbocycles. The first-order valence-electron chi connectivity index (χ1n) is 8.40. The van der Waals surface area contributed by atoms with Crippen LogP contribution in [0.3, 0.4) is 0 Å². The number of morpholine rings is 1. The molecule has 1 aliphatic heterocycles. The molecule has 144 valence electrons. The highest BCUT2D eigenvalue weighted by atomic mass is 32.2. The number of aryl methyl sites for hydroxylation is 2. The molecule has 9 heteroatoms. The van der Waals surface area contributed by atoms with Crippen LogP contribution >= 0.6 is 11.8 Å². The van der Waals surface area contributed by atoms with E-state index in [1.807, 2.05) is 32.0 Å². The van der Waals surface area contributed by atoms with Crippen molar-refractivity contribution in [2.24, 2.45) is 0 Å². The van der Waals surface area contributed by atoms with Crippen LogP contribution in [-0.2, 0) is 14.8 Å². The average molecular weight is 409 g/mol. The highest BCUT2D eigenvalue weighted by Crippen LogP contribution is 2.37. The molecule has 7 nitrogen and oxygen atoms in total. The normalized spacial score (nSPS) is 15.6. The van der Waals surface area contributed by atoms with Crippen LogP contribution in [0.15, 0.2) is 51.1 Å². The van der Waals surface area contributed by atoms with Gasteiger partial charge in [-0.15, -0.1) is 0 Å². The first-order chi connectivity index (χ1) is 12.8. The Morgan fingerprint density at radius 2 is 1.78 bits per heavy atom. The summed E-state index contributed by atoms with van der Waals surface area (Å²) in [5, 5.41) is 11.6. The zero-order chi connectivity index (χ0) is 19.6. The number of nitro benzene ring substituents is 1. The van der Waals surface area contributed by atoms with Gasteiger partial charge in [-0.3, -0.25) is 10.1 Å². The summed E-state index contributed by atoms with van der Waals surface area (Å²) in [6.45, 7) is 5.11. The number of nitro groups is 1. The van der Waals surface area contributed by atoms with Gasteiger partial charge in [-0.25, -0.2) is 8.42 Å². The lowest BCUT2D eigenvalue weighted by Crippen LogP contribution is -2.40. The third-order valence-corrected chi connectivity index (χ3v) is 7.39. The second-order valence-corrected chi connectivity index (χ2v) is 9.30. The van der Waals surface area contributed by atoms with Crippen LogP contribution < -0.4 is 0 Å². The third kappa shape index (κ3) is 4.32. The Morgan fingerprint density at radius 1 is 1.07 bits per heavy atom. The quantitative estimate of drug-likeness (QED) is 0.556. The molecule has 1 saturated heterocycles. The Bertz CT molecular complexity index is 970. The fraction of sp³-hybridized carbons (Fsp3) is 0.333. The van der Waals surface area contributed by atoms with E-state index >= 15 is 0 Å². The van der Waals surface area contributed by atoms with E-state index in [1.165, 1.54) is 28.2 Å². The molecule has 1 aliphatic rings. The fourth-order valence-electron chi connectivity index (χ4n) is 2.73. The van der Waals surface area contributed by atoms with Gasteiger partial charge in [-0.1, -0.05) is 17.8 Å². The first kappa shape index (κ1) is 19.8. The fourth-order valence-corrected chi connectivity index (χ4v) is 5.16. The van der Waals surface area contributed by atoms with Crippen LogP contribution in [0.1, 0.15) is 11.1 Å². The molecule has 0 amide bonds. The molecule has 0 atom stereocenters. The number of ether oxygens (including phenoxy) is 1. The van der Waals surface area contributed by atoms with E-state index < -0.39 is 14.9 Å². The van der Waals surface area contributed by atoms with Gasteiger partial charge in [0.2, 0.25) is 10.0 Å². The lowest BCUT2D eigenvalue weighted by atomic mass is 10.1. The van der Waals surface area contributed by atoms with Gasteiger partial charge in [0.05, 0.1) is 27.9 Å². The van der Waals surface area contributed by atoms with Gasteiger partial charge in [0.15, 0.2) is 0 Å². The molecular formula is C18H20N2O5S2. The number of hydrogen-bond acceptors (Lipinski definition) is 6. The van der Waals surface area contributed by atoms with E-state index in [9.17, 15) is 18.5 Å². The highest BCUT2D eigenvalue weighted by molar-refractivity contribution is 7.99. The molecule has 3 rings (SSSR count). The molecule has 2 aromatic rings. The minimum absolute atomic E-state index is 0.0689. The summed E-state index contributed by atoms with van der Waals surface area (Å²) in [7, 11) is -3.78. The number of sulfonamides is 1. The summed E-state index contributed by atoms with van der Waals surface area (Å²) in [5.74, 6) is 0. The van der Waals surface area contributed by atoms with Gasteiger partial charge in [0, 0.05) is 24.1 Å². The second-order valence-electron chi connectivity index (χ2n) is 6.25. The largest absolute Gasteiger partial charge is 0.379 e. The zero-order valence-corrected chi connectivity index (χ0v) is 16.7. The molecule has 0 N–H and O–H groups in total. The lowest BCUT2D eigenvalue weighted by molar-refractivity contribution is -0.388. The van der Waals surface area contributed by atoms with Crippen molar-refractivity contribution in [1.82, 2.24) is 4.31 Å². The third-order valence-electron chi connectivity index (χ3n) is 4.44. The maximum atomic E-state index is 12.8. The van der Waals surface area contributed by atoms with Crippen LogP contribution in [0.5, 0.6) is 0 Å². The maximum absolute atomic E-state index is 12.8. The van der Waals surface area contributed by atoms with Crippen molar-refractivity contribution in [3.8, 4) is 0 Å². The Balaban J connectivity index is 1.95. The van der Waals surface area contributed by atoms with Crippen molar-refractivity contribution in [3.05, 3.63) is 57.6 Å². The van der Waals surface area contributed by atoms with Gasteiger partial charge < -0.3 is 4.74 Å². The van der Waals surface area contributed by atoms with E-state index in [1.54, 1.807) is 0 Å². The minimum atomic E-state index is -3.78. The molecule has 0 radical (unpaired) electrons. The Kier molecular flexibility index (Phi) is 5.85. The van der Waals surface area contributed by atoms with E-state index in [4.69, 9.17) is 4.74 Å². The van der Waals surface area contributed by atoms with Gasteiger partial charge in [0.1, 0.15) is 0 Å². The Morgan fingerprint density at radius 3 is 2.41 bits per heavy atom. The molecular weight excluding hydrogens is 388 g/mol. The summed E-state index contributed by atoms with van der Waals surface area (Å²) >= 11 is 1.25. The number of hydrogen-bond donors (Lipinski definition) is 0. The molecule has 0 saturated carbocycles. The highest BCUT2D eigenvalue weighted by Gasteiger charge is 2.29. The van der Waals surface area contributed by atoms with Gasteiger partial charge in [-0.2, -0.15) is 4.31 Å². The zero-order valence-electron chi connectivity index (χ0n) is 15.0. The molecule has 0 unspecified atom stereocenters. The minimum Gasteiger partial charge on any atom is -0.379 e. The second kappa shape index (κ2) is 7.97. The summed E-state index contributed by atoms with van der Waals surface area (Å²) in [5.41, 5.74) is 2.02. The van der Waals surface area contributed by atoms with Crippen molar-refractivity contribution >= 4 is 27.5 Å². The molecule has 1 heterocycles. The molecule has 0 aliphatic carbocycles. The molecule has 0 aromatic heterocycles. The van der Waals surface area contributed by atoms with Crippen LogP contribution in [0.25, 0.3) is 0 Å². The monoisotopic (exact) mass is 408 g/mol. The van der Waals surface area contributed by atoms with Crippen molar-refractivity contribution in [1.29, 1.82) is 0 Å². The molecule has 1 fully saturated rings. The van der Waals surface area contributed by atoms with Crippen molar-refractivity contribution in [2.45, 2.75) is 28.5 Å². The van der Waals surface area contributed by atoms with E-state index in [0.29, 0.717) is 18.1 Å². The van der Waals surface area contributed by atoms with Gasteiger partial charge in [-0.05, 0) is 49.2 Å². The predicted octanol–water partition coefficient (Wildman–Crippen LogP) is 3.38. The Labute approximate surface area is 162 Å². The topological polar surface area (TPSA) is 89.8 Å². The first-order valence-corrected chi connectivity index (χ1v) is 10.7. The SMILES string of the molecule is Cc1ccc(Sc2ccc(S(=O)(=O)N3CCOCC3)cc2[N+](=O)[O-])cc1C.